The fraction of sp³-hybridized carbons (Fsp3) is 0.368. The largest absolute Gasteiger partial charge is 0.379 e. The summed E-state index contributed by atoms with van der Waals surface area (Å²) in [4.78, 5) is 5.28. The average molecular weight is 315 g/mol. The maximum absolute atomic E-state index is 5.39. The van der Waals surface area contributed by atoms with Gasteiger partial charge >= 0.3 is 0 Å². The van der Waals surface area contributed by atoms with Gasteiger partial charge in [-0.05, 0) is 30.2 Å². The van der Waals surface area contributed by atoms with Gasteiger partial charge in [0.25, 0.3) is 0 Å². The van der Waals surface area contributed by atoms with Gasteiger partial charge in [-0.3, -0.25) is 4.90 Å². The van der Waals surface area contributed by atoms with Crippen LogP contribution in [0.5, 0.6) is 0 Å². The topological polar surface area (TPSA) is 12.5 Å². The highest BCUT2D eigenvalue weighted by atomic mass is 32.1. The zero-order valence-corrected chi connectivity index (χ0v) is 14.2. The highest BCUT2D eigenvalue weighted by Gasteiger charge is 2.11. The third-order valence-electron chi connectivity index (χ3n) is 3.62. The quantitative estimate of drug-likeness (QED) is 0.693. The lowest BCUT2D eigenvalue weighted by Crippen LogP contribution is -2.35. The first-order valence-electron chi connectivity index (χ1n) is 7.74. The molecule has 118 valence electrons. The highest BCUT2D eigenvalue weighted by Crippen LogP contribution is 2.20. The molecule has 0 aromatic carbocycles. The van der Waals surface area contributed by atoms with Gasteiger partial charge in [0.1, 0.15) is 0 Å². The zero-order chi connectivity index (χ0) is 15.8. The second-order valence-corrected chi connectivity index (χ2v) is 6.67. The van der Waals surface area contributed by atoms with E-state index in [1.54, 1.807) is 0 Å². The van der Waals surface area contributed by atoms with Crippen LogP contribution in [0.25, 0.3) is 0 Å². The van der Waals surface area contributed by atoms with Crippen LogP contribution in [0, 0.1) is 0 Å². The number of hydrogen-bond donors (Lipinski definition) is 0. The van der Waals surface area contributed by atoms with E-state index in [0.29, 0.717) is 0 Å². The number of ether oxygens (including phenoxy) is 1. The Morgan fingerprint density at radius 3 is 2.59 bits per heavy atom. The monoisotopic (exact) mass is 315 g/mol. The van der Waals surface area contributed by atoms with Crippen LogP contribution in [0.15, 0.2) is 60.7 Å². The Bertz CT molecular complexity index is 562. The van der Waals surface area contributed by atoms with Gasteiger partial charge in [-0.25, -0.2) is 0 Å². The van der Waals surface area contributed by atoms with Crippen molar-refractivity contribution in [2.75, 3.05) is 26.3 Å². The summed E-state index contributed by atoms with van der Waals surface area (Å²) >= 11 is 1.90. The van der Waals surface area contributed by atoms with Crippen LogP contribution >= 0.6 is 11.3 Å². The molecule has 1 saturated heterocycles. The second-order valence-electron chi connectivity index (χ2n) is 5.41. The molecule has 2 nitrogen and oxygen atoms in total. The van der Waals surface area contributed by atoms with Crippen LogP contribution in [0.2, 0.25) is 0 Å². The van der Waals surface area contributed by atoms with Gasteiger partial charge in [-0.15, -0.1) is 11.3 Å². The van der Waals surface area contributed by atoms with Crippen molar-refractivity contribution >= 4 is 11.3 Å². The molecule has 0 radical (unpaired) electrons. The number of rotatable bonds is 7. The molecule has 0 bridgehead atoms. The summed E-state index contributed by atoms with van der Waals surface area (Å²) in [7, 11) is 0. The van der Waals surface area contributed by atoms with Crippen LogP contribution < -0.4 is 0 Å². The molecular formula is C19H25NOS. The first kappa shape index (κ1) is 16.9. The van der Waals surface area contributed by atoms with E-state index in [1.165, 1.54) is 9.75 Å². The van der Waals surface area contributed by atoms with Gasteiger partial charge in [0.15, 0.2) is 0 Å². The Morgan fingerprint density at radius 2 is 1.86 bits per heavy atom. The number of allylic oxidation sites excluding steroid dienone is 6. The highest BCUT2D eigenvalue weighted by molar-refractivity contribution is 7.12. The lowest BCUT2D eigenvalue weighted by atomic mass is 10.1. The number of hydrogen-bond acceptors (Lipinski definition) is 3. The molecule has 1 aliphatic heterocycles. The van der Waals surface area contributed by atoms with Crippen molar-refractivity contribution in [3.63, 3.8) is 0 Å². The fourth-order valence-electron chi connectivity index (χ4n) is 2.33. The first-order chi connectivity index (χ1) is 10.7. The lowest BCUT2D eigenvalue weighted by molar-refractivity contribution is 0.0346. The van der Waals surface area contributed by atoms with E-state index in [0.717, 1.165) is 50.4 Å². The predicted molar refractivity (Wildman–Crippen MR) is 96.4 cm³/mol. The molecule has 0 spiro atoms. The van der Waals surface area contributed by atoms with Crippen molar-refractivity contribution in [2.24, 2.45) is 0 Å². The Balaban J connectivity index is 1.81. The van der Waals surface area contributed by atoms with Crippen molar-refractivity contribution in [3.05, 3.63) is 70.5 Å². The molecule has 2 heterocycles. The van der Waals surface area contributed by atoms with Crippen molar-refractivity contribution in [1.82, 2.24) is 4.90 Å². The number of thiophene rings is 1. The molecule has 0 unspecified atom stereocenters. The molecule has 1 fully saturated rings. The lowest BCUT2D eigenvalue weighted by Gasteiger charge is -2.25. The van der Waals surface area contributed by atoms with Crippen LogP contribution in [0.4, 0.5) is 0 Å². The van der Waals surface area contributed by atoms with E-state index in [4.69, 9.17) is 4.74 Å². The van der Waals surface area contributed by atoms with Crippen molar-refractivity contribution in [1.29, 1.82) is 0 Å². The molecular weight excluding hydrogens is 290 g/mol. The molecule has 22 heavy (non-hydrogen) atoms. The minimum atomic E-state index is 0.860. The molecule has 1 aromatic rings. The molecule has 1 aliphatic rings. The predicted octanol–water partition coefficient (Wildman–Crippen LogP) is 4.37. The maximum Gasteiger partial charge on any atom is 0.0594 e. The minimum Gasteiger partial charge on any atom is -0.379 e. The van der Waals surface area contributed by atoms with Crippen molar-refractivity contribution in [2.45, 2.75) is 19.9 Å². The third kappa shape index (κ3) is 5.41. The summed E-state index contributed by atoms with van der Waals surface area (Å²) in [5.74, 6) is 0. The number of nitrogens with zero attached hydrogens (tertiary/aromatic N) is 1. The molecule has 0 N–H and O–H groups in total. The standard InChI is InChI=1S/C19H25NOS/c1-4-6-16(2)17(3)7-5-8-18-9-10-19(22-18)15-20-11-13-21-14-12-20/h4-7,9-10H,2-3,8,11-15H2,1H3/b6-4-,7-5+. The molecule has 2 rings (SSSR count). The van der Waals surface area contributed by atoms with Crippen LogP contribution in [-0.2, 0) is 17.7 Å². The van der Waals surface area contributed by atoms with Crippen molar-refractivity contribution < 1.29 is 4.74 Å². The van der Waals surface area contributed by atoms with Gasteiger partial charge in [0.2, 0.25) is 0 Å². The van der Waals surface area contributed by atoms with Crippen LogP contribution in [0.1, 0.15) is 16.7 Å². The Kier molecular flexibility index (Phi) is 6.84. The van der Waals surface area contributed by atoms with Gasteiger partial charge in [-0.1, -0.05) is 37.5 Å². The summed E-state index contributed by atoms with van der Waals surface area (Å²) in [6.45, 7) is 14.9. The van der Waals surface area contributed by atoms with E-state index in [9.17, 15) is 0 Å². The van der Waals surface area contributed by atoms with Gasteiger partial charge < -0.3 is 4.74 Å². The molecule has 0 saturated carbocycles. The van der Waals surface area contributed by atoms with E-state index in [1.807, 2.05) is 30.4 Å². The minimum absolute atomic E-state index is 0.860. The maximum atomic E-state index is 5.39. The summed E-state index contributed by atoms with van der Waals surface area (Å²) in [5, 5.41) is 0. The molecule has 0 amide bonds. The van der Waals surface area contributed by atoms with E-state index < -0.39 is 0 Å². The second kappa shape index (κ2) is 8.89. The van der Waals surface area contributed by atoms with E-state index in [-0.39, 0.29) is 0 Å². The van der Waals surface area contributed by atoms with Crippen LogP contribution in [0.3, 0.4) is 0 Å². The van der Waals surface area contributed by atoms with Gasteiger partial charge in [-0.2, -0.15) is 0 Å². The Morgan fingerprint density at radius 1 is 1.18 bits per heavy atom. The van der Waals surface area contributed by atoms with Gasteiger partial charge in [0, 0.05) is 35.8 Å². The summed E-state index contributed by atoms with van der Waals surface area (Å²) in [5.41, 5.74) is 1.95. The summed E-state index contributed by atoms with van der Waals surface area (Å²) in [6, 6.07) is 4.48. The van der Waals surface area contributed by atoms with E-state index >= 15 is 0 Å². The molecule has 0 atom stereocenters. The fourth-order valence-corrected chi connectivity index (χ4v) is 3.36. The normalized spacial score (nSPS) is 16.6. The smallest absolute Gasteiger partial charge is 0.0594 e. The SMILES string of the molecule is C=C(/C=C\C)C(=C)/C=C/Cc1ccc(CN2CCOCC2)s1. The van der Waals surface area contributed by atoms with Crippen LogP contribution in [-0.4, -0.2) is 31.2 Å². The molecule has 1 aromatic heterocycles. The Hall–Kier alpha value is -1.42. The average Bonchev–Trinajstić information content (AvgIpc) is 2.96. The first-order valence-corrected chi connectivity index (χ1v) is 8.56. The van der Waals surface area contributed by atoms with E-state index in [2.05, 4.69) is 42.3 Å². The Labute approximate surface area is 138 Å². The summed E-state index contributed by atoms with van der Waals surface area (Å²) in [6.07, 6.45) is 9.15. The van der Waals surface area contributed by atoms with Crippen molar-refractivity contribution in [3.8, 4) is 0 Å². The van der Waals surface area contributed by atoms with Gasteiger partial charge in [0.05, 0.1) is 13.2 Å². The zero-order valence-electron chi connectivity index (χ0n) is 13.4. The summed E-state index contributed by atoms with van der Waals surface area (Å²) < 4.78 is 5.39. The molecule has 0 aliphatic carbocycles. The molecule has 3 heteroatoms. The number of morpholine rings is 1. The third-order valence-corrected chi connectivity index (χ3v) is 4.71.